The molecule has 1 N–H and O–H groups in total. The number of likely N-dealkylation sites (tertiary alicyclic amines) is 1. The van der Waals surface area contributed by atoms with Crippen molar-refractivity contribution in [1.82, 2.24) is 15.1 Å². The van der Waals surface area contributed by atoms with E-state index in [-0.39, 0.29) is 18.0 Å². The number of carbonyl (C=O) groups excluding carboxylic acids is 3. The highest BCUT2D eigenvalue weighted by atomic mass is 16.6. The minimum Gasteiger partial charge on any atom is -0.444 e. The van der Waals surface area contributed by atoms with E-state index >= 15 is 0 Å². The maximum atomic E-state index is 12.3. The highest BCUT2D eigenvalue weighted by Crippen LogP contribution is 2.30. The predicted octanol–water partition coefficient (Wildman–Crippen LogP) is 3.10. The Morgan fingerprint density at radius 3 is 2.48 bits per heavy atom. The van der Waals surface area contributed by atoms with Crippen LogP contribution in [0.4, 0.5) is 15.3 Å². The Hall–Kier alpha value is -2.61. The second-order valence-electron chi connectivity index (χ2n) is 9.79. The molecule has 4 amide bonds. The Balaban J connectivity index is 1.29. The first-order chi connectivity index (χ1) is 14.7. The molecule has 0 aliphatic carbocycles. The number of carbonyl (C=O) groups is 3. The molecule has 3 aliphatic heterocycles. The van der Waals surface area contributed by atoms with E-state index < -0.39 is 5.60 Å². The van der Waals surface area contributed by atoms with Crippen LogP contribution in [0.25, 0.3) is 0 Å². The smallest absolute Gasteiger partial charge is 0.410 e. The van der Waals surface area contributed by atoms with Gasteiger partial charge in [0.05, 0.1) is 0 Å². The topological polar surface area (TPSA) is 82.2 Å². The van der Waals surface area contributed by atoms with Crippen LogP contribution in [0.5, 0.6) is 0 Å². The van der Waals surface area contributed by atoms with Crippen molar-refractivity contribution >= 4 is 23.7 Å². The molecule has 1 aromatic carbocycles. The maximum absolute atomic E-state index is 12.3. The third-order valence-electron chi connectivity index (χ3n) is 6.13. The van der Waals surface area contributed by atoms with Crippen LogP contribution in [0.3, 0.4) is 0 Å². The number of amides is 4. The van der Waals surface area contributed by atoms with Crippen LogP contribution in [-0.4, -0.2) is 59.6 Å². The lowest BCUT2D eigenvalue weighted by atomic mass is 9.96. The molecule has 168 valence electrons. The number of rotatable bonds is 3. The van der Waals surface area contributed by atoms with Crippen molar-refractivity contribution in [3.63, 3.8) is 0 Å². The van der Waals surface area contributed by atoms with E-state index in [0.29, 0.717) is 18.9 Å². The van der Waals surface area contributed by atoms with Gasteiger partial charge in [-0.3, -0.25) is 19.9 Å². The zero-order valence-electron chi connectivity index (χ0n) is 18.6. The SMILES string of the molecule is CC(C)(C)OC(=O)N1CCC(CN2Cc3ccc(N4CCC(=O)NC4=O)cc3C2)CC1. The number of anilines is 1. The molecule has 0 bridgehead atoms. The molecule has 0 unspecified atom stereocenters. The van der Waals surface area contributed by atoms with Gasteiger partial charge in [0, 0.05) is 51.4 Å². The summed E-state index contributed by atoms with van der Waals surface area (Å²) in [6, 6.07) is 5.80. The zero-order valence-corrected chi connectivity index (χ0v) is 18.6. The Morgan fingerprint density at radius 2 is 1.81 bits per heavy atom. The van der Waals surface area contributed by atoms with Crippen LogP contribution < -0.4 is 10.2 Å². The lowest BCUT2D eigenvalue weighted by molar-refractivity contribution is -0.120. The molecule has 2 saturated heterocycles. The molecular formula is C23H32N4O4. The molecule has 3 aliphatic rings. The Labute approximate surface area is 183 Å². The van der Waals surface area contributed by atoms with Crippen molar-refractivity contribution < 1.29 is 19.1 Å². The summed E-state index contributed by atoms with van der Waals surface area (Å²) in [5.41, 5.74) is 2.92. The second kappa shape index (κ2) is 8.49. The molecule has 0 saturated carbocycles. The largest absolute Gasteiger partial charge is 0.444 e. The molecule has 4 rings (SSSR count). The first kappa shape index (κ1) is 21.6. The van der Waals surface area contributed by atoms with Crippen molar-refractivity contribution in [2.45, 2.75) is 58.7 Å². The number of fused-ring (bicyclic) bond motifs is 1. The summed E-state index contributed by atoms with van der Waals surface area (Å²) in [7, 11) is 0. The summed E-state index contributed by atoms with van der Waals surface area (Å²) < 4.78 is 5.49. The molecule has 0 atom stereocenters. The quantitative estimate of drug-likeness (QED) is 0.800. The first-order valence-corrected chi connectivity index (χ1v) is 11.1. The van der Waals surface area contributed by atoms with Gasteiger partial charge in [0.1, 0.15) is 5.60 Å². The number of nitrogens with one attached hydrogen (secondary N) is 1. The summed E-state index contributed by atoms with van der Waals surface area (Å²) in [6.45, 7) is 10.4. The van der Waals surface area contributed by atoms with Crippen LogP contribution in [0.1, 0.15) is 51.2 Å². The number of benzene rings is 1. The van der Waals surface area contributed by atoms with Gasteiger partial charge in [0.15, 0.2) is 0 Å². The Bertz CT molecular complexity index is 871. The highest BCUT2D eigenvalue weighted by molar-refractivity contribution is 6.05. The van der Waals surface area contributed by atoms with E-state index in [1.807, 2.05) is 31.7 Å². The molecule has 8 heteroatoms. The molecule has 3 heterocycles. The van der Waals surface area contributed by atoms with Gasteiger partial charge in [-0.25, -0.2) is 9.59 Å². The highest BCUT2D eigenvalue weighted by Gasteiger charge is 2.30. The molecule has 0 radical (unpaired) electrons. The molecule has 0 spiro atoms. The van der Waals surface area contributed by atoms with E-state index in [1.165, 1.54) is 11.1 Å². The van der Waals surface area contributed by atoms with E-state index in [4.69, 9.17) is 4.74 Å². The van der Waals surface area contributed by atoms with Gasteiger partial charge in [-0.2, -0.15) is 0 Å². The Morgan fingerprint density at radius 1 is 1.10 bits per heavy atom. The number of ether oxygens (including phenoxy) is 1. The van der Waals surface area contributed by atoms with Crippen LogP contribution in [0.15, 0.2) is 18.2 Å². The molecule has 1 aromatic rings. The number of hydrogen-bond acceptors (Lipinski definition) is 5. The van der Waals surface area contributed by atoms with E-state index in [9.17, 15) is 14.4 Å². The minimum absolute atomic E-state index is 0.212. The number of piperidine rings is 1. The molecule has 0 aromatic heterocycles. The van der Waals surface area contributed by atoms with Gasteiger partial charge in [-0.1, -0.05) is 6.07 Å². The average molecular weight is 429 g/mol. The average Bonchev–Trinajstić information content (AvgIpc) is 3.08. The summed E-state index contributed by atoms with van der Waals surface area (Å²) in [5.74, 6) is 0.345. The predicted molar refractivity (Wildman–Crippen MR) is 117 cm³/mol. The zero-order chi connectivity index (χ0) is 22.2. The van der Waals surface area contributed by atoms with Crippen LogP contribution in [-0.2, 0) is 22.6 Å². The molecular weight excluding hydrogens is 396 g/mol. The molecule has 8 nitrogen and oxygen atoms in total. The third kappa shape index (κ3) is 5.18. The summed E-state index contributed by atoms with van der Waals surface area (Å²) in [4.78, 5) is 41.7. The van der Waals surface area contributed by atoms with Gasteiger partial charge >= 0.3 is 12.1 Å². The van der Waals surface area contributed by atoms with E-state index in [1.54, 1.807) is 4.90 Å². The third-order valence-corrected chi connectivity index (χ3v) is 6.13. The standard InChI is InChI=1S/C23H32N4O4/c1-23(2,3)31-22(30)26-9-6-16(7-10-26)13-25-14-17-4-5-19(12-18(17)15-25)27-11-8-20(28)24-21(27)29/h4-5,12,16H,6-11,13-15H2,1-3H3,(H,24,28,29). The van der Waals surface area contributed by atoms with Crippen molar-refractivity contribution in [2.24, 2.45) is 5.92 Å². The molecule has 2 fully saturated rings. The Kier molecular flexibility index (Phi) is 5.92. The second-order valence-corrected chi connectivity index (χ2v) is 9.79. The molecule has 31 heavy (non-hydrogen) atoms. The van der Waals surface area contributed by atoms with E-state index in [2.05, 4.69) is 22.3 Å². The summed E-state index contributed by atoms with van der Waals surface area (Å²) in [6.07, 6.45) is 2.09. The fourth-order valence-corrected chi connectivity index (χ4v) is 4.55. The maximum Gasteiger partial charge on any atom is 0.410 e. The van der Waals surface area contributed by atoms with Gasteiger partial charge in [0.2, 0.25) is 5.91 Å². The minimum atomic E-state index is -0.460. The van der Waals surface area contributed by atoms with Gasteiger partial charge in [-0.15, -0.1) is 0 Å². The van der Waals surface area contributed by atoms with E-state index in [0.717, 1.165) is 51.3 Å². The fraction of sp³-hybridized carbons (Fsp3) is 0.609. The van der Waals surface area contributed by atoms with Crippen LogP contribution in [0, 0.1) is 5.92 Å². The van der Waals surface area contributed by atoms with Crippen molar-refractivity contribution in [1.29, 1.82) is 0 Å². The van der Waals surface area contributed by atoms with Crippen molar-refractivity contribution in [3.05, 3.63) is 29.3 Å². The summed E-state index contributed by atoms with van der Waals surface area (Å²) >= 11 is 0. The van der Waals surface area contributed by atoms with Gasteiger partial charge in [-0.05, 0) is 62.8 Å². The number of imide groups is 1. The monoisotopic (exact) mass is 428 g/mol. The fourth-order valence-electron chi connectivity index (χ4n) is 4.55. The van der Waals surface area contributed by atoms with Crippen LogP contribution in [0.2, 0.25) is 0 Å². The van der Waals surface area contributed by atoms with Gasteiger partial charge in [0.25, 0.3) is 0 Å². The number of nitrogens with zero attached hydrogens (tertiary/aromatic N) is 3. The number of hydrogen-bond donors (Lipinski definition) is 1. The normalized spacial score (nSPS) is 20.6. The lowest BCUT2D eigenvalue weighted by Crippen LogP contribution is -2.49. The lowest BCUT2D eigenvalue weighted by Gasteiger charge is -2.34. The number of urea groups is 1. The van der Waals surface area contributed by atoms with Crippen molar-refractivity contribution in [3.8, 4) is 0 Å². The summed E-state index contributed by atoms with van der Waals surface area (Å²) in [5, 5.41) is 2.38. The first-order valence-electron chi connectivity index (χ1n) is 11.1. The van der Waals surface area contributed by atoms with Gasteiger partial charge < -0.3 is 9.64 Å². The van der Waals surface area contributed by atoms with Crippen LogP contribution >= 0.6 is 0 Å². The van der Waals surface area contributed by atoms with Crippen molar-refractivity contribution in [2.75, 3.05) is 31.1 Å².